The van der Waals surface area contributed by atoms with Crippen molar-refractivity contribution in [2.24, 2.45) is 11.5 Å². The fourth-order valence-electron chi connectivity index (χ4n) is 1.35. The zero-order valence-electron chi connectivity index (χ0n) is 10.1. The van der Waals surface area contributed by atoms with Crippen molar-refractivity contribution in [3.8, 4) is 11.8 Å². The number of hydrogen-bond donors (Lipinski definition) is 2. The lowest BCUT2D eigenvalue weighted by Crippen LogP contribution is -2.38. The van der Waals surface area contributed by atoms with E-state index in [0.717, 1.165) is 4.88 Å². The van der Waals surface area contributed by atoms with Crippen molar-refractivity contribution < 1.29 is 9.59 Å². The molecular formula is C12H15N3O2S. The average molecular weight is 265 g/mol. The van der Waals surface area contributed by atoms with Crippen molar-refractivity contribution in [2.45, 2.75) is 6.92 Å². The van der Waals surface area contributed by atoms with Crippen LogP contribution in [0.15, 0.2) is 11.4 Å². The molecule has 1 rings (SSSR count). The third-order valence-electron chi connectivity index (χ3n) is 2.18. The molecule has 2 amide bonds. The summed E-state index contributed by atoms with van der Waals surface area (Å²) in [4.78, 5) is 25.1. The van der Waals surface area contributed by atoms with E-state index in [-0.39, 0.29) is 19.0 Å². The lowest BCUT2D eigenvalue weighted by atomic mass is 10.2. The second-order valence-electron chi connectivity index (χ2n) is 3.49. The van der Waals surface area contributed by atoms with Crippen LogP contribution in [0, 0.1) is 11.8 Å². The van der Waals surface area contributed by atoms with E-state index in [0.29, 0.717) is 12.1 Å². The van der Waals surface area contributed by atoms with Crippen molar-refractivity contribution >= 4 is 23.2 Å². The molecule has 1 aromatic rings. The molecule has 0 atom stereocenters. The molecule has 4 N–H and O–H groups in total. The molecule has 96 valence electrons. The molecule has 0 saturated heterocycles. The zero-order valence-corrected chi connectivity index (χ0v) is 10.9. The Kier molecular flexibility index (Phi) is 5.36. The Bertz CT molecular complexity index is 499. The molecule has 18 heavy (non-hydrogen) atoms. The Hall–Kier alpha value is -1.84. The van der Waals surface area contributed by atoms with Gasteiger partial charge in [-0.25, -0.2) is 0 Å². The van der Waals surface area contributed by atoms with E-state index >= 15 is 0 Å². The first-order valence-electron chi connectivity index (χ1n) is 5.43. The molecule has 6 heteroatoms. The molecule has 0 radical (unpaired) electrons. The molecule has 0 spiro atoms. The Balaban J connectivity index is 2.82. The van der Waals surface area contributed by atoms with Crippen molar-refractivity contribution in [2.75, 3.05) is 19.6 Å². The van der Waals surface area contributed by atoms with Gasteiger partial charge in [0.15, 0.2) is 0 Å². The molecule has 0 aliphatic heterocycles. The summed E-state index contributed by atoms with van der Waals surface area (Å²) >= 11 is 1.37. The van der Waals surface area contributed by atoms with Gasteiger partial charge in [-0.3, -0.25) is 9.59 Å². The van der Waals surface area contributed by atoms with E-state index in [1.54, 1.807) is 18.4 Å². The summed E-state index contributed by atoms with van der Waals surface area (Å²) in [6.45, 7) is 2.43. The Labute approximate surface area is 110 Å². The highest BCUT2D eigenvalue weighted by Crippen LogP contribution is 2.15. The average Bonchev–Trinajstić information content (AvgIpc) is 2.81. The van der Waals surface area contributed by atoms with Crippen molar-refractivity contribution in [1.29, 1.82) is 0 Å². The normalized spacial score (nSPS) is 9.44. The first kappa shape index (κ1) is 14.2. The summed E-state index contributed by atoms with van der Waals surface area (Å²) in [6, 6.07) is 1.69. The number of carbonyl (C=O) groups is 2. The quantitative estimate of drug-likeness (QED) is 0.751. The SMILES string of the molecule is CCN(CC(N)=O)C(=O)c1csc(C#CCN)c1. The summed E-state index contributed by atoms with van der Waals surface area (Å²) in [5.74, 6) is 4.84. The predicted molar refractivity (Wildman–Crippen MR) is 71.0 cm³/mol. The number of nitrogens with zero attached hydrogens (tertiary/aromatic N) is 1. The minimum absolute atomic E-state index is 0.0744. The summed E-state index contributed by atoms with van der Waals surface area (Å²) in [5.41, 5.74) is 10.9. The lowest BCUT2D eigenvalue weighted by Gasteiger charge is -2.17. The number of hydrogen-bond acceptors (Lipinski definition) is 4. The molecule has 0 unspecified atom stereocenters. The van der Waals surface area contributed by atoms with Gasteiger partial charge >= 0.3 is 0 Å². The monoisotopic (exact) mass is 265 g/mol. The summed E-state index contributed by atoms with van der Waals surface area (Å²) in [6.07, 6.45) is 0. The van der Waals surface area contributed by atoms with E-state index in [4.69, 9.17) is 11.5 Å². The Morgan fingerprint density at radius 3 is 2.78 bits per heavy atom. The van der Waals surface area contributed by atoms with Crippen LogP contribution in [-0.4, -0.2) is 36.3 Å². The number of primary amides is 1. The van der Waals surface area contributed by atoms with Crippen LogP contribution in [0.3, 0.4) is 0 Å². The topological polar surface area (TPSA) is 89.4 Å². The first-order chi connectivity index (χ1) is 8.58. The van der Waals surface area contributed by atoms with Crippen molar-refractivity contribution in [1.82, 2.24) is 4.90 Å². The van der Waals surface area contributed by atoms with Crippen LogP contribution in [0.4, 0.5) is 0 Å². The van der Waals surface area contributed by atoms with Gasteiger partial charge in [-0.15, -0.1) is 11.3 Å². The van der Waals surface area contributed by atoms with Gasteiger partial charge in [-0.1, -0.05) is 11.8 Å². The maximum atomic E-state index is 12.1. The van der Waals surface area contributed by atoms with Crippen molar-refractivity contribution in [3.05, 3.63) is 21.9 Å². The second-order valence-corrected chi connectivity index (χ2v) is 4.40. The summed E-state index contributed by atoms with van der Waals surface area (Å²) < 4.78 is 0. The molecule has 0 fully saturated rings. The van der Waals surface area contributed by atoms with Gasteiger partial charge in [0.1, 0.15) is 0 Å². The number of thiophene rings is 1. The number of likely N-dealkylation sites (N-methyl/N-ethyl adjacent to an activating group) is 1. The minimum atomic E-state index is -0.524. The van der Waals surface area contributed by atoms with E-state index < -0.39 is 5.91 Å². The summed E-state index contributed by atoms with van der Waals surface area (Å²) in [7, 11) is 0. The Morgan fingerprint density at radius 1 is 1.50 bits per heavy atom. The van der Waals surface area contributed by atoms with Crippen LogP contribution in [0.25, 0.3) is 0 Å². The molecule has 0 aromatic carbocycles. The molecule has 0 saturated carbocycles. The van der Waals surface area contributed by atoms with Gasteiger partial charge in [0.25, 0.3) is 5.91 Å². The highest BCUT2D eigenvalue weighted by molar-refractivity contribution is 7.10. The van der Waals surface area contributed by atoms with Crippen LogP contribution in [0.5, 0.6) is 0 Å². The fourth-order valence-corrected chi connectivity index (χ4v) is 2.10. The van der Waals surface area contributed by atoms with Crippen LogP contribution in [0.1, 0.15) is 22.2 Å². The predicted octanol–water partition coefficient (Wildman–Crippen LogP) is 0.00570. The molecule has 0 aliphatic carbocycles. The highest BCUT2D eigenvalue weighted by Gasteiger charge is 2.17. The van der Waals surface area contributed by atoms with Gasteiger partial charge in [0, 0.05) is 11.9 Å². The molecular weight excluding hydrogens is 250 g/mol. The molecule has 1 aromatic heterocycles. The highest BCUT2D eigenvalue weighted by atomic mass is 32.1. The fraction of sp³-hybridized carbons (Fsp3) is 0.333. The van der Waals surface area contributed by atoms with E-state index in [9.17, 15) is 9.59 Å². The van der Waals surface area contributed by atoms with Gasteiger partial charge in [-0.05, 0) is 13.0 Å². The molecule has 5 nitrogen and oxygen atoms in total. The third-order valence-corrected chi connectivity index (χ3v) is 3.02. The van der Waals surface area contributed by atoms with Crippen LogP contribution < -0.4 is 11.5 Å². The lowest BCUT2D eigenvalue weighted by molar-refractivity contribution is -0.118. The van der Waals surface area contributed by atoms with Crippen LogP contribution in [0.2, 0.25) is 0 Å². The van der Waals surface area contributed by atoms with Crippen LogP contribution >= 0.6 is 11.3 Å². The number of amides is 2. The van der Waals surface area contributed by atoms with Gasteiger partial charge < -0.3 is 16.4 Å². The third kappa shape index (κ3) is 3.87. The first-order valence-corrected chi connectivity index (χ1v) is 6.31. The summed E-state index contributed by atoms with van der Waals surface area (Å²) in [5, 5.41) is 1.71. The number of rotatable bonds is 4. The molecule has 0 bridgehead atoms. The van der Waals surface area contributed by atoms with Gasteiger partial charge in [-0.2, -0.15) is 0 Å². The zero-order chi connectivity index (χ0) is 13.5. The molecule has 1 heterocycles. The van der Waals surface area contributed by atoms with E-state index in [1.165, 1.54) is 16.2 Å². The minimum Gasteiger partial charge on any atom is -0.368 e. The largest absolute Gasteiger partial charge is 0.368 e. The van der Waals surface area contributed by atoms with E-state index in [2.05, 4.69) is 11.8 Å². The van der Waals surface area contributed by atoms with Crippen molar-refractivity contribution in [3.63, 3.8) is 0 Å². The smallest absolute Gasteiger partial charge is 0.255 e. The van der Waals surface area contributed by atoms with Gasteiger partial charge in [0.2, 0.25) is 5.91 Å². The Morgan fingerprint density at radius 2 is 2.22 bits per heavy atom. The van der Waals surface area contributed by atoms with Crippen LogP contribution in [-0.2, 0) is 4.79 Å². The number of nitrogens with two attached hydrogens (primary N) is 2. The van der Waals surface area contributed by atoms with Gasteiger partial charge in [0.05, 0.1) is 23.5 Å². The maximum absolute atomic E-state index is 12.1. The molecule has 0 aliphatic rings. The standard InChI is InChI=1S/C12H15N3O2S/c1-2-15(7-11(14)16)12(17)9-6-10(18-8-9)4-3-5-13/h6,8H,2,5,7,13H2,1H3,(H2,14,16). The van der Waals surface area contributed by atoms with E-state index in [1.807, 2.05) is 0 Å². The number of carbonyl (C=O) groups excluding carboxylic acids is 2. The second kappa shape index (κ2) is 6.79. The maximum Gasteiger partial charge on any atom is 0.255 e.